The molecule has 126 valence electrons. The van der Waals surface area contributed by atoms with Gasteiger partial charge in [0.25, 0.3) is 5.56 Å². The standard InChI is InChI=1S/C18H22N4O2/c1-4-20-12-19-16-15(20)17(23)21(11-10-13(2)3)18(24)22(16)14-8-6-5-7-9-14/h5-9,12-13H,4,10-11H2,1-3H3. The lowest BCUT2D eigenvalue weighted by atomic mass is 10.1. The van der Waals surface area contributed by atoms with Gasteiger partial charge in [-0.15, -0.1) is 0 Å². The first-order valence-electron chi connectivity index (χ1n) is 8.30. The highest BCUT2D eigenvalue weighted by Crippen LogP contribution is 2.13. The van der Waals surface area contributed by atoms with Crippen LogP contribution in [-0.2, 0) is 13.1 Å². The summed E-state index contributed by atoms with van der Waals surface area (Å²) in [5.74, 6) is 0.410. The van der Waals surface area contributed by atoms with Crippen LogP contribution in [-0.4, -0.2) is 18.7 Å². The Balaban J connectivity index is 2.36. The predicted octanol–water partition coefficient (Wildman–Crippen LogP) is 2.41. The van der Waals surface area contributed by atoms with Gasteiger partial charge >= 0.3 is 5.69 Å². The average molecular weight is 326 g/mol. The fraction of sp³-hybridized carbons (Fsp3) is 0.389. The summed E-state index contributed by atoms with van der Waals surface area (Å²) >= 11 is 0. The topological polar surface area (TPSA) is 61.8 Å². The summed E-state index contributed by atoms with van der Waals surface area (Å²) in [5.41, 5.74) is 1.01. The van der Waals surface area contributed by atoms with Crippen LogP contribution in [0.3, 0.4) is 0 Å². The maximum absolute atomic E-state index is 13.0. The molecule has 0 fully saturated rings. The fourth-order valence-corrected chi connectivity index (χ4v) is 2.81. The Morgan fingerprint density at radius 1 is 1.12 bits per heavy atom. The molecule has 6 nitrogen and oxygen atoms in total. The van der Waals surface area contributed by atoms with Crippen LogP contribution >= 0.6 is 0 Å². The second-order valence-electron chi connectivity index (χ2n) is 6.30. The van der Waals surface area contributed by atoms with E-state index in [1.165, 1.54) is 9.13 Å². The van der Waals surface area contributed by atoms with Gasteiger partial charge < -0.3 is 4.57 Å². The lowest BCUT2D eigenvalue weighted by Crippen LogP contribution is -2.40. The number of nitrogens with zero attached hydrogens (tertiary/aromatic N) is 4. The first kappa shape index (κ1) is 16.2. The molecule has 0 unspecified atom stereocenters. The first-order chi connectivity index (χ1) is 11.5. The van der Waals surface area contributed by atoms with Crippen molar-refractivity contribution in [2.45, 2.75) is 40.3 Å². The SMILES string of the molecule is CCn1cnc2c1c(=O)n(CCC(C)C)c(=O)n2-c1ccccc1. The van der Waals surface area contributed by atoms with Crippen LogP contribution in [0.2, 0.25) is 0 Å². The molecule has 0 aliphatic rings. The number of imidazole rings is 1. The number of rotatable bonds is 5. The van der Waals surface area contributed by atoms with Crippen LogP contribution in [0.15, 0.2) is 46.2 Å². The van der Waals surface area contributed by atoms with Gasteiger partial charge in [-0.3, -0.25) is 9.36 Å². The van der Waals surface area contributed by atoms with Crippen LogP contribution in [0.5, 0.6) is 0 Å². The highest BCUT2D eigenvalue weighted by atomic mass is 16.2. The van der Waals surface area contributed by atoms with Crippen molar-refractivity contribution in [2.24, 2.45) is 5.92 Å². The van der Waals surface area contributed by atoms with Crippen LogP contribution < -0.4 is 11.2 Å². The zero-order valence-corrected chi connectivity index (χ0v) is 14.3. The van der Waals surface area contributed by atoms with Gasteiger partial charge in [0.15, 0.2) is 11.2 Å². The molecule has 0 aliphatic heterocycles. The van der Waals surface area contributed by atoms with Gasteiger partial charge in [0.2, 0.25) is 0 Å². The van der Waals surface area contributed by atoms with E-state index in [0.717, 1.165) is 6.42 Å². The van der Waals surface area contributed by atoms with Gasteiger partial charge in [-0.05, 0) is 31.4 Å². The molecule has 0 N–H and O–H groups in total. The second kappa shape index (κ2) is 6.47. The molecule has 0 radical (unpaired) electrons. The second-order valence-corrected chi connectivity index (χ2v) is 6.30. The lowest BCUT2D eigenvalue weighted by molar-refractivity contribution is 0.491. The Morgan fingerprint density at radius 3 is 2.46 bits per heavy atom. The number of para-hydroxylation sites is 1. The smallest absolute Gasteiger partial charge is 0.325 e. The molecule has 2 aromatic heterocycles. The third-order valence-electron chi connectivity index (χ3n) is 4.19. The fourth-order valence-electron chi connectivity index (χ4n) is 2.81. The summed E-state index contributed by atoms with van der Waals surface area (Å²) < 4.78 is 4.66. The van der Waals surface area contributed by atoms with Crippen LogP contribution in [0.25, 0.3) is 16.9 Å². The summed E-state index contributed by atoms with van der Waals surface area (Å²) in [7, 11) is 0. The molecule has 0 bridgehead atoms. The number of benzene rings is 1. The van der Waals surface area contributed by atoms with E-state index in [4.69, 9.17) is 0 Å². The Kier molecular flexibility index (Phi) is 4.38. The average Bonchev–Trinajstić information content (AvgIpc) is 2.99. The van der Waals surface area contributed by atoms with E-state index in [1.807, 2.05) is 37.3 Å². The molecule has 6 heteroatoms. The molecule has 3 rings (SSSR count). The maximum atomic E-state index is 13.0. The molecular formula is C18H22N4O2. The molecule has 0 atom stereocenters. The Hall–Kier alpha value is -2.63. The predicted molar refractivity (Wildman–Crippen MR) is 94.7 cm³/mol. The summed E-state index contributed by atoms with van der Waals surface area (Å²) in [4.78, 5) is 30.2. The normalized spacial score (nSPS) is 11.5. The number of aryl methyl sites for hydroxylation is 1. The minimum absolute atomic E-state index is 0.262. The molecule has 3 aromatic rings. The Bertz CT molecular complexity index is 964. The van der Waals surface area contributed by atoms with E-state index in [9.17, 15) is 9.59 Å². The number of hydrogen-bond acceptors (Lipinski definition) is 3. The molecule has 0 aliphatic carbocycles. The molecule has 0 saturated heterocycles. The van der Waals surface area contributed by atoms with Gasteiger partial charge in [-0.1, -0.05) is 32.0 Å². The van der Waals surface area contributed by atoms with E-state index < -0.39 is 0 Å². The lowest BCUT2D eigenvalue weighted by Gasteiger charge is -2.13. The van der Waals surface area contributed by atoms with Gasteiger partial charge in [0.05, 0.1) is 12.0 Å². The van der Waals surface area contributed by atoms with Crippen molar-refractivity contribution in [1.82, 2.24) is 18.7 Å². The molecule has 24 heavy (non-hydrogen) atoms. The van der Waals surface area contributed by atoms with Crippen LogP contribution in [0, 0.1) is 5.92 Å². The van der Waals surface area contributed by atoms with Crippen molar-refractivity contribution in [3.63, 3.8) is 0 Å². The summed E-state index contributed by atoms with van der Waals surface area (Å²) in [6.07, 6.45) is 2.40. The molecule has 1 aromatic carbocycles. The maximum Gasteiger partial charge on any atom is 0.337 e. The number of hydrogen-bond donors (Lipinski definition) is 0. The summed E-state index contributed by atoms with van der Waals surface area (Å²) in [5, 5.41) is 0. The Morgan fingerprint density at radius 2 is 1.83 bits per heavy atom. The van der Waals surface area contributed by atoms with Crippen molar-refractivity contribution < 1.29 is 0 Å². The van der Waals surface area contributed by atoms with E-state index in [1.54, 1.807) is 10.9 Å². The van der Waals surface area contributed by atoms with E-state index >= 15 is 0 Å². The van der Waals surface area contributed by atoms with Crippen molar-refractivity contribution in [3.05, 3.63) is 57.5 Å². The zero-order chi connectivity index (χ0) is 17.3. The third kappa shape index (κ3) is 2.68. The van der Waals surface area contributed by atoms with Crippen LogP contribution in [0.4, 0.5) is 0 Å². The highest BCUT2D eigenvalue weighted by Gasteiger charge is 2.18. The van der Waals surface area contributed by atoms with E-state index in [-0.39, 0.29) is 11.2 Å². The van der Waals surface area contributed by atoms with Crippen molar-refractivity contribution in [1.29, 1.82) is 0 Å². The van der Waals surface area contributed by atoms with E-state index in [0.29, 0.717) is 35.9 Å². The third-order valence-corrected chi connectivity index (χ3v) is 4.19. The van der Waals surface area contributed by atoms with Gasteiger partial charge in [0, 0.05) is 13.1 Å². The molecule has 2 heterocycles. The summed E-state index contributed by atoms with van der Waals surface area (Å²) in [6.45, 7) is 7.15. The monoisotopic (exact) mass is 326 g/mol. The molecule has 0 saturated carbocycles. The van der Waals surface area contributed by atoms with Crippen molar-refractivity contribution in [2.75, 3.05) is 0 Å². The van der Waals surface area contributed by atoms with Gasteiger partial charge in [0.1, 0.15) is 0 Å². The minimum atomic E-state index is -0.333. The zero-order valence-electron chi connectivity index (χ0n) is 14.3. The number of aromatic nitrogens is 4. The van der Waals surface area contributed by atoms with E-state index in [2.05, 4.69) is 18.8 Å². The first-order valence-corrected chi connectivity index (χ1v) is 8.30. The van der Waals surface area contributed by atoms with Gasteiger partial charge in [-0.2, -0.15) is 0 Å². The summed E-state index contributed by atoms with van der Waals surface area (Å²) in [6, 6.07) is 9.33. The highest BCUT2D eigenvalue weighted by molar-refractivity contribution is 5.72. The molecule has 0 spiro atoms. The Labute approximate surface area is 140 Å². The molecule has 0 amide bonds. The van der Waals surface area contributed by atoms with Crippen molar-refractivity contribution >= 4 is 11.2 Å². The van der Waals surface area contributed by atoms with Gasteiger partial charge in [-0.25, -0.2) is 14.3 Å². The minimum Gasteiger partial charge on any atom is -0.325 e. The van der Waals surface area contributed by atoms with Crippen molar-refractivity contribution in [3.8, 4) is 5.69 Å². The largest absolute Gasteiger partial charge is 0.337 e. The number of fused-ring (bicyclic) bond motifs is 1. The molecular weight excluding hydrogens is 304 g/mol. The van der Waals surface area contributed by atoms with Crippen LogP contribution in [0.1, 0.15) is 27.2 Å². The quantitative estimate of drug-likeness (QED) is 0.723.